The number of esters is 2. The van der Waals surface area contributed by atoms with Gasteiger partial charge in [-0.3, -0.25) is 14.4 Å². The molecule has 12 heteroatoms. The van der Waals surface area contributed by atoms with Crippen molar-refractivity contribution < 1.29 is 33.7 Å². The number of nitriles is 1. The van der Waals surface area contributed by atoms with E-state index in [1.807, 2.05) is 19.9 Å². The molecule has 200 valence electrons. The highest BCUT2D eigenvalue weighted by molar-refractivity contribution is 5.94. The molecule has 2 aromatic rings. The van der Waals surface area contributed by atoms with Crippen molar-refractivity contribution in [2.75, 3.05) is 11.9 Å². The summed E-state index contributed by atoms with van der Waals surface area (Å²) in [6.45, 7) is 10.2. The molecule has 0 aromatic carbocycles. The first-order chi connectivity index (χ1) is 17.5. The van der Waals surface area contributed by atoms with E-state index in [0.29, 0.717) is 5.52 Å². The van der Waals surface area contributed by atoms with Gasteiger partial charge in [0.25, 0.3) is 0 Å². The zero-order valence-corrected chi connectivity index (χ0v) is 21.8. The predicted molar refractivity (Wildman–Crippen MR) is 130 cm³/mol. The number of amides is 1. The van der Waals surface area contributed by atoms with E-state index in [1.54, 1.807) is 33.8 Å². The van der Waals surface area contributed by atoms with Crippen LogP contribution in [0.25, 0.3) is 5.52 Å². The van der Waals surface area contributed by atoms with Crippen LogP contribution >= 0.6 is 0 Å². The van der Waals surface area contributed by atoms with E-state index >= 15 is 0 Å². The Bertz CT molecular complexity index is 1200. The number of aliphatic hydroxyl groups excluding tert-OH is 1. The van der Waals surface area contributed by atoms with Crippen LogP contribution in [0.2, 0.25) is 0 Å². The van der Waals surface area contributed by atoms with Crippen LogP contribution in [0.5, 0.6) is 0 Å². The number of nitrogens with zero attached hydrogens (tertiary/aromatic N) is 4. The summed E-state index contributed by atoms with van der Waals surface area (Å²) >= 11 is 0. The van der Waals surface area contributed by atoms with Crippen LogP contribution in [0.3, 0.4) is 0 Å². The van der Waals surface area contributed by atoms with Crippen molar-refractivity contribution in [3.63, 3.8) is 0 Å². The Kier molecular flexibility index (Phi) is 8.50. The molecule has 0 saturated carbocycles. The average molecular weight is 516 g/mol. The first-order valence-corrected chi connectivity index (χ1v) is 12.2. The molecule has 3 heterocycles. The van der Waals surface area contributed by atoms with Crippen molar-refractivity contribution >= 4 is 29.2 Å². The summed E-state index contributed by atoms with van der Waals surface area (Å²) in [6.07, 6.45) is -2.83. The molecule has 1 saturated heterocycles. The van der Waals surface area contributed by atoms with E-state index in [2.05, 4.69) is 15.4 Å². The first kappa shape index (κ1) is 28.0. The SMILES string of the molecule is CCC(=O)O[C@H]1[C@@H](O)[C@](C#N)(c2ccc3c(NC(=O)C(C)C)ncnn23)O[C@@H]1COC(=O)[C@@H](C)C(C)C. The van der Waals surface area contributed by atoms with Gasteiger partial charge in [0.1, 0.15) is 36.7 Å². The van der Waals surface area contributed by atoms with E-state index in [4.69, 9.17) is 14.2 Å². The summed E-state index contributed by atoms with van der Waals surface area (Å²) in [5.41, 5.74) is -1.54. The molecule has 0 radical (unpaired) electrons. The summed E-state index contributed by atoms with van der Waals surface area (Å²) in [7, 11) is 0. The van der Waals surface area contributed by atoms with Crippen molar-refractivity contribution in [1.82, 2.24) is 14.6 Å². The van der Waals surface area contributed by atoms with Gasteiger partial charge in [-0.15, -0.1) is 0 Å². The molecule has 0 aliphatic carbocycles. The third-order valence-corrected chi connectivity index (χ3v) is 6.51. The zero-order chi connectivity index (χ0) is 27.5. The first-order valence-electron chi connectivity index (χ1n) is 12.2. The smallest absolute Gasteiger partial charge is 0.309 e. The summed E-state index contributed by atoms with van der Waals surface area (Å²) in [5, 5.41) is 28.5. The molecule has 1 aliphatic heterocycles. The lowest BCUT2D eigenvalue weighted by Gasteiger charge is -2.24. The number of rotatable bonds is 9. The maximum atomic E-state index is 12.4. The van der Waals surface area contributed by atoms with Gasteiger partial charge in [-0.1, -0.05) is 41.5 Å². The number of carbonyl (C=O) groups excluding carboxylic acids is 3. The van der Waals surface area contributed by atoms with Crippen molar-refractivity contribution in [3.8, 4) is 6.07 Å². The minimum Gasteiger partial charge on any atom is -0.463 e. The van der Waals surface area contributed by atoms with Gasteiger partial charge in [0.2, 0.25) is 11.5 Å². The molecule has 0 bridgehead atoms. The highest BCUT2D eigenvalue weighted by Crippen LogP contribution is 2.42. The molecule has 2 aromatic heterocycles. The van der Waals surface area contributed by atoms with Crippen LogP contribution in [-0.4, -0.2) is 62.5 Å². The molecule has 12 nitrogen and oxygen atoms in total. The number of aromatic nitrogens is 3. The fourth-order valence-corrected chi connectivity index (χ4v) is 3.82. The van der Waals surface area contributed by atoms with Crippen molar-refractivity contribution in [1.29, 1.82) is 5.26 Å². The quantitative estimate of drug-likeness (QED) is 0.471. The summed E-state index contributed by atoms with van der Waals surface area (Å²) in [5.74, 6) is -1.81. The Hall–Kier alpha value is -3.56. The normalized spacial score (nSPS) is 24.2. The second-order valence-corrected chi connectivity index (χ2v) is 9.69. The molecule has 0 spiro atoms. The third kappa shape index (κ3) is 5.42. The van der Waals surface area contributed by atoms with Gasteiger partial charge in [-0.05, 0) is 18.1 Å². The lowest BCUT2D eigenvalue weighted by atomic mass is 9.92. The lowest BCUT2D eigenvalue weighted by molar-refractivity contribution is -0.162. The Morgan fingerprint density at radius 1 is 1.27 bits per heavy atom. The van der Waals surface area contributed by atoms with Gasteiger partial charge >= 0.3 is 11.9 Å². The fourth-order valence-electron chi connectivity index (χ4n) is 3.82. The van der Waals surface area contributed by atoms with Crippen LogP contribution in [0.15, 0.2) is 18.5 Å². The van der Waals surface area contributed by atoms with Crippen LogP contribution < -0.4 is 5.32 Å². The fraction of sp³-hybridized carbons (Fsp3) is 0.600. The highest BCUT2D eigenvalue weighted by Gasteiger charge is 2.60. The lowest BCUT2D eigenvalue weighted by Crippen LogP contribution is -2.43. The van der Waals surface area contributed by atoms with E-state index in [9.17, 15) is 24.8 Å². The molecule has 1 fully saturated rings. The van der Waals surface area contributed by atoms with Crippen molar-refractivity contribution in [2.45, 2.75) is 71.9 Å². The van der Waals surface area contributed by atoms with Crippen LogP contribution in [0.1, 0.15) is 53.7 Å². The zero-order valence-electron chi connectivity index (χ0n) is 21.8. The average Bonchev–Trinajstić information content (AvgIpc) is 3.42. The van der Waals surface area contributed by atoms with Crippen molar-refractivity contribution in [2.24, 2.45) is 17.8 Å². The highest BCUT2D eigenvalue weighted by atomic mass is 16.6. The molecule has 2 N–H and O–H groups in total. The van der Waals surface area contributed by atoms with E-state index < -0.39 is 41.8 Å². The molecule has 5 atom stereocenters. The second kappa shape index (κ2) is 11.2. The standard InChI is InChI=1S/C25H33N5O7/c1-7-19(31)36-20-17(10-35-24(34)15(6)13(2)3)37-25(11-26,21(20)32)18-9-8-16-22(27-12-28-30(16)18)29-23(33)14(4)5/h8-9,12-15,17,20-21,32H,7,10H2,1-6H3,(H,27,28,29,33)/t15-,17+,20+,21+,25-/m0/s1. The number of aliphatic hydroxyl groups is 1. The maximum absolute atomic E-state index is 12.4. The largest absolute Gasteiger partial charge is 0.463 e. The Morgan fingerprint density at radius 3 is 2.57 bits per heavy atom. The van der Waals surface area contributed by atoms with E-state index in [-0.39, 0.29) is 42.3 Å². The molecule has 1 aliphatic rings. The maximum Gasteiger partial charge on any atom is 0.309 e. The van der Waals surface area contributed by atoms with E-state index in [0.717, 1.165) is 0 Å². The van der Waals surface area contributed by atoms with E-state index in [1.165, 1.54) is 16.9 Å². The van der Waals surface area contributed by atoms with Gasteiger partial charge in [0.05, 0.1) is 11.6 Å². The Morgan fingerprint density at radius 2 is 1.97 bits per heavy atom. The number of ether oxygens (including phenoxy) is 3. The van der Waals surface area contributed by atoms with Gasteiger partial charge in [-0.25, -0.2) is 9.50 Å². The molecular weight excluding hydrogens is 482 g/mol. The molecule has 1 amide bonds. The number of nitrogens with one attached hydrogen (secondary N) is 1. The number of carbonyl (C=O) groups is 3. The number of fused-ring (bicyclic) bond motifs is 1. The minimum atomic E-state index is -2.03. The van der Waals surface area contributed by atoms with Gasteiger partial charge < -0.3 is 24.6 Å². The summed E-state index contributed by atoms with van der Waals surface area (Å²) in [4.78, 5) is 41.0. The minimum absolute atomic E-state index is 0.0276. The number of hydrogen-bond donors (Lipinski definition) is 2. The van der Waals surface area contributed by atoms with Gasteiger partial charge in [0.15, 0.2) is 11.9 Å². The molecule has 0 unspecified atom stereocenters. The van der Waals surface area contributed by atoms with Gasteiger partial charge in [0, 0.05) is 12.3 Å². The Labute approximate surface area is 214 Å². The molecule has 37 heavy (non-hydrogen) atoms. The van der Waals surface area contributed by atoms with Gasteiger partial charge in [-0.2, -0.15) is 10.4 Å². The molecular formula is C25H33N5O7. The monoisotopic (exact) mass is 515 g/mol. The number of hydrogen-bond acceptors (Lipinski definition) is 10. The van der Waals surface area contributed by atoms with Crippen LogP contribution in [-0.2, 0) is 34.2 Å². The van der Waals surface area contributed by atoms with Crippen LogP contribution in [0, 0.1) is 29.1 Å². The summed E-state index contributed by atoms with van der Waals surface area (Å²) < 4.78 is 18.2. The second-order valence-electron chi connectivity index (χ2n) is 9.69. The Balaban J connectivity index is 2.00. The van der Waals surface area contributed by atoms with Crippen molar-refractivity contribution in [3.05, 3.63) is 24.2 Å². The topological polar surface area (TPSA) is 165 Å². The number of anilines is 1. The van der Waals surface area contributed by atoms with Crippen LogP contribution in [0.4, 0.5) is 5.82 Å². The third-order valence-electron chi connectivity index (χ3n) is 6.51. The summed E-state index contributed by atoms with van der Waals surface area (Å²) in [6, 6.07) is 5.09. The molecule has 3 rings (SSSR count). The predicted octanol–water partition coefficient (Wildman–Crippen LogP) is 1.96.